The number of fused-ring (bicyclic) bond motifs is 2. The van der Waals surface area contributed by atoms with Gasteiger partial charge in [0.25, 0.3) is 11.8 Å². The van der Waals surface area contributed by atoms with Crippen LogP contribution in [0, 0.1) is 0 Å². The smallest absolute Gasteiger partial charge is 0.274 e. The molecule has 30 heavy (non-hydrogen) atoms. The van der Waals surface area contributed by atoms with E-state index < -0.39 is 5.91 Å². The number of anilines is 1. The lowest BCUT2D eigenvalue weighted by atomic mass is 10.1. The van der Waals surface area contributed by atoms with Gasteiger partial charge in [0.05, 0.1) is 11.3 Å². The van der Waals surface area contributed by atoms with Crippen LogP contribution in [0.1, 0.15) is 32.7 Å². The van der Waals surface area contributed by atoms with E-state index in [1.54, 1.807) is 52.8 Å². The van der Waals surface area contributed by atoms with Gasteiger partial charge in [0.15, 0.2) is 5.75 Å². The van der Waals surface area contributed by atoms with Crippen molar-refractivity contribution in [3.05, 3.63) is 88.4 Å². The average molecular weight is 423 g/mol. The van der Waals surface area contributed by atoms with Gasteiger partial charge in [-0.25, -0.2) is 5.48 Å². The maximum atomic E-state index is 13.2. The number of halogens is 1. The number of nitrogens with zero attached hydrogens (tertiary/aromatic N) is 1. The molecule has 1 heterocycles. The van der Waals surface area contributed by atoms with Crippen LogP contribution in [-0.2, 0) is 6.42 Å². The molecule has 152 valence electrons. The van der Waals surface area contributed by atoms with Crippen molar-refractivity contribution in [1.82, 2.24) is 5.48 Å². The van der Waals surface area contributed by atoms with Gasteiger partial charge < -0.3 is 9.64 Å². The Hall–Kier alpha value is -3.35. The molecule has 0 radical (unpaired) electrons. The minimum atomic E-state index is -0.550. The normalized spacial score (nSPS) is 12.5. The first kappa shape index (κ1) is 19.9. The van der Waals surface area contributed by atoms with E-state index in [-0.39, 0.29) is 5.91 Å². The third-order valence-electron chi connectivity index (χ3n) is 4.96. The third-order valence-corrected chi connectivity index (χ3v) is 5.20. The predicted octanol–water partition coefficient (Wildman–Crippen LogP) is 4.84. The molecule has 6 nitrogen and oxygen atoms in total. The molecule has 0 aromatic heterocycles. The molecular formula is C23H19ClN2O4. The van der Waals surface area contributed by atoms with Gasteiger partial charge >= 0.3 is 0 Å². The zero-order valence-electron chi connectivity index (χ0n) is 16.0. The summed E-state index contributed by atoms with van der Waals surface area (Å²) in [5, 5.41) is 9.24. The van der Waals surface area contributed by atoms with E-state index in [9.17, 15) is 9.59 Å². The van der Waals surface area contributed by atoms with Crippen LogP contribution < -0.4 is 15.1 Å². The number of ether oxygens (including phenoxy) is 1. The van der Waals surface area contributed by atoms with E-state index in [0.29, 0.717) is 46.3 Å². The summed E-state index contributed by atoms with van der Waals surface area (Å²) in [4.78, 5) is 26.4. The lowest BCUT2D eigenvalue weighted by Gasteiger charge is -2.22. The van der Waals surface area contributed by atoms with Crippen LogP contribution in [0.3, 0.4) is 0 Å². The van der Waals surface area contributed by atoms with Gasteiger partial charge in [-0.2, -0.15) is 0 Å². The Bertz CT molecular complexity index is 1100. The van der Waals surface area contributed by atoms with Crippen molar-refractivity contribution >= 4 is 29.1 Å². The number of hydrogen-bond acceptors (Lipinski definition) is 4. The van der Waals surface area contributed by atoms with Crippen LogP contribution in [0.5, 0.6) is 11.5 Å². The van der Waals surface area contributed by atoms with Gasteiger partial charge in [-0.05, 0) is 54.8 Å². The Morgan fingerprint density at radius 3 is 2.57 bits per heavy atom. The average Bonchev–Trinajstić information content (AvgIpc) is 2.88. The summed E-state index contributed by atoms with van der Waals surface area (Å²) in [6.45, 7) is 0.490. The monoisotopic (exact) mass is 422 g/mol. The molecule has 0 fully saturated rings. The minimum Gasteiger partial charge on any atom is -0.454 e. The van der Waals surface area contributed by atoms with Crippen LogP contribution in [0.2, 0.25) is 5.02 Å². The maximum absolute atomic E-state index is 13.2. The largest absolute Gasteiger partial charge is 0.454 e. The first-order valence-corrected chi connectivity index (χ1v) is 9.86. The van der Waals surface area contributed by atoms with E-state index in [0.717, 1.165) is 12.0 Å². The van der Waals surface area contributed by atoms with Crippen molar-refractivity contribution in [2.75, 3.05) is 11.4 Å². The molecule has 2 amide bonds. The Morgan fingerprint density at radius 1 is 1.03 bits per heavy atom. The van der Waals surface area contributed by atoms with Gasteiger partial charge in [-0.3, -0.25) is 14.8 Å². The molecule has 0 aliphatic carbocycles. The fraction of sp³-hybridized carbons (Fsp3) is 0.130. The Balaban J connectivity index is 1.54. The highest BCUT2D eigenvalue weighted by atomic mass is 35.5. The van der Waals surface area contributed by atoms with Crippen LogP contribution in [0.4, 0.5) is 5.69 Å². The fourth-order valence-corrected chi connectivity index (χ4v) is 3.61. The lowest BCUT2D eigenvalue weighted by Crippen LogP contribution is -2.31. The molecular weight excluding hydrogens is 404 g/mol. The van der Waals surface area contributed by atoms with E-state index in [1.165, 1.54) is 0 Å². The first-order valence-electron chi connectivity index (χ1n) is 9.48. The molecule has 2 N–H and O–H groups in total. The second-order valence-corrected chi connectivity index (χ2v) is 7.34. The van der Waals surface area contributed by atoms with Crippen LogP contribution in [0.25, 0.3) is 0 Å². The molecule has 0 unspecified atom stereocenters. The highest BCUT2D eigenvalue weighted by Crippen LogP contribution is 2.40. The molecule has 1 aliphatic heterocycles. The second kappa shape index (κ2) is 8.57. The van der Waals surface area contributed by atoms with Gasteiger partial charge in [0, 0.05) is 23.2 Å². The number of carbonyl (C=O) groups is 2. The highest BCUT2D eigenvalue weighted by molar-refractivity contribution is 6.31. The topological polar surface area (TPSA) is 78.9 Å². The van der Waals surface area contributed by atoms with Gasteiger partial charge in [0.2, 0.25) is 0 Å². The molecule has 4 rings (SSSR count). The first-order chi connectivity index (χ1) is 14.6. The summed E-state index contributed by atoms with van der Waals surface area (Å²) in [6.07, 6.45) is 1.43. The van der Waals surface area contributed by atoms with Gasteiger partial charge in [0.1, 0.15) is 5.75 Å². The van der Waals surface area contributed by atoms with E-state index in [2.05, 4.69) is 0 Å². The molecule has 0 atom stereocenters. The number of carbonyl (C=O) groups excluding carboxylic acids is 2. The van der Waals surface area contributed by atoms with Crippen molar-refractivity contribution in [2.24, 2.45) is 0 Å². The lowest BCUT2D eigenvalue weighted by molar-refractivity contribution is 0.0706. The number of hydrogen-bond donors (Lipinski definition) is 2. The minimum absolute atomic E-state index is 0.123. The van der Waals surface area contributed by atoms with E-state index in [1.807, 2.05) is 24.3 Å². The number of rotatable bonds is 5. The highest BCUT2D eigenvalue weighted by Gasteiger charge is 2.27. The van der Waals surface area contributed by atoms with Crippen LogP contribution in [-0.4, -0.2) is 23.6 Å². The molecule has 0 bridgehead atoms. The summed E-state index contributed by atoms with van der Waals surface area (Å²) in [5.74, 6) is 0.374. The molecule has 3 aromatic carbocycles. The molecule has 0 spiro atoms. The zero-order chi connectivity index (χ0) is 21.1. The van der Waals surface area contributed by atoms with E-state index in [4.69, 9.17) is 21.5 Å². The van der Waals surface area contributed by atoms with Crippen molar-refractivity contribution in [1.29, 1.82) is 0 Å². The Morgan fingerprint density at radius 2 is 1.80 bits per heavy atom. The number of aryl methyl sites for hydroxylation is 1. The predicted molar refractivity (Wildman–Crippen MR) is 114 cm³/mol. The summed E-state index contributed by atoms with van der Waals surface area (Å²) < 4.78 is 5.99. The van der Waals surface area contributed by atoms with Crippen molar-refractivity contribution in [3.63, 3.8) is 0 Å². The summed E-state index contributed by atoms with van der Waals surface area (Å²) in [7, 11) is 0. The Kier molecular flexibility index (Phi) is 5.70. The summed E-state index contributed by atoms with van der Waals surface area (Å²) in [6, 6.07) is 19.4. The molecule has 0 saturated heterocycles. The summed E-state index contributed by atoms with van der Waals surface area (Å²) >= 11 is 6.14. The summed E-state index contributed by atoms with van der Waals surface area (Å²) in [5.41, 5.74) is 4.20. The molecule has 1 aliphatic rings. The fourth-order valence-electron chi connectivity index (χ4n) is 3.45. The second-order valence-electron chi connectivity index (χ2n) is 6.91. The zero-order valence-corrected chi connectivity index (χ0v) is 16.7. The number of benzene rings is 3. The number of nitrogens with one attached hydrogen (secondary N) is 1. The molecule has 0 saturated carbocycles. The van der Waals surface area contributed by atoms with Crippen molar-refractivity contribution < 1.29 is 19.5 Å². The van der Waals surface area contributed by atoms with Crippen molar-refractivity contribution in [2.45, 2.75) is 12.8 Å². The van der Waals surface area contributed by atoms with Crippen LogP contribution in [0.15, 0.2) is 66.7 Å². The number of hydroxylamine groups is 1. The van der Waals surface area contributed by atoms with E-state index >= 15 is 0 Å². The number of para-hydroxylation sites is 1. The van der Waals surface area contributed by atoms with Gasteiger partial charge in [-0.15, -0.1) is 0 Å². The maximum Gasteiger partial charge on any atom is 0.274 e. The standard InChI is InChI=1S/C23H19ClN2O4/c24-17-11-12-19-21(14-17)30-20-6-2-1-5-18(20)23(28)26(19)13-3-4-15-7-9-16(10-8-15)22(27)25-29/h1-2,5-12,14,29H,3-4,13H2,(H,25,27). The van der Waals surface area contributed by atoms with Gasteiger partial charge in [-0.1, -0.05) is 35.9 Å². The van der Waals surface area contributed by atoms with Crippen LogP contribution >= 0.6 is 11.6 Å². The quantitative estimate of drug-likeness (QED) is 0.455. The molecule has 7 heteroatoms. The third kappa shape index (κ3) is 4.01. The Labute approximate surface area is 178 Å². The van der Waals surface area contributed by atoms with Crippen molar-refractivity contribution in [3.8, 4) is 11.5 Å². The SMILES string of the molecule is O=C(NO)c1ccc(CCCN2C(=O)c3ccccc3Oc3cc(Cl)ccc32)cc1. The molecule has 3 aromatic rings. The number of amides is 2.